The second kappa shape index (κ2) is 8.78. The minimum Gasteiger partial charge on any atom is -0.494 e. The van der Waals surface area contributed by atoms with Crippen LogP contribution in [-0.4, -0.2) is 30.6 Å². The van der Waals surface area contributed by atoms with Crippen LogP contribution in [0.25, 0.3) is 11.1 Å². The van der Waals surface area contributed by atoms with Crippen LogP contribution in [0.15, 0.2) is 47.6 Å². The number of hydrogen-bond donors (Lipinski definition) is 0. The van der Waals surface area contributed by atoms with E-state index in [1.54, 1.807) is 0 Å². The molecule has 0 N–H and O–H groups in total. The molecule has 0 heterocycles. The molecule has 4 heteroatoms. The van der Waals surface area contributed by atoms with Crippen LogP contribution in [0.2, 0.25) is 0 Å². The van der Waals surface area contributed by atoms with Crippen LogP contribution < -0.4 is 4.74 Å². The molecule has 0 aliphatic heterocycles. The smallest absolute Gasteiger partial charge is 0.129 e. The third-order valence-electron chi connectivity index (χ3n) is 4.39. The maximum atomic E-state index is 5.98. The van der Waals surface area contributed by atoms with E-state index >= 15 is 0 Å². The summed E-state index contributed by atoms with van der Waals surface area (Å²) in [6.45, 7) is 11.6. The summed E-state index contributed by atoms with van der Waals surface area (Å²) in [5.74, 6) is 0.861. The predicted molar refractivity (Wildman–Crippen MR) is 114 cm³/mol. The molecule has 0 aromatic heterocycles. The highest BCUT2D eigenvalue weighted by Gasteiger charge is 2.26. The molecule has 0 spiro atoms. The number of benzene rings is 2. The van der Waals surface area contributed by atoms with Gasteiger partial charge in [0.1, 0.15) is 17.1 Å². The molecule has 0 fully saturated rings. The fraction of sp³-hybridized carbons (Fsp3) is 0.458. The standard InChI is InChI=1S/C24H31NO3/c1-17(2)26-14-8-9-15-27-18-12-13-20-19-10-6-7-11-21(19)23(22(20)16-18)25-28-24(3,4)5/h6-7,10-13,16-17H,8-9,14-15H2,1-5H3/b25-23-. The van der Waals surface area contributed by atoms with Crippen LogP contribution >= 0.6 is 0 Å². The van der Waals surface area contributed by atoms with Crippen LogP contribution in [0.4, 0.5) is 0 Å². The SMILES string of the molecule is CC(C)OCCCCOc1ccc2c(c1)/C(=N\OC(C)(C)C)c1ccccc1-2. The maximum absolute atomic E-state index is 5.98. The lowest BCUT2D eigenvalue weighted by Crippen LogP contribution is -2.17. The van der Waals surface area contributed by atoms with Crippen molar-refractivity contribution in [3.05, 3.63) is 53.6 Å². The van der Waals surface area contributed by atoms with E-state index in [1.807, 2.05) is 32.9 Å². The van der Waals surface area contributed by atoms with Gasteiger partial charge in [0.15, 0.2) is 0 Å². The Morgan fingerprint density at radius 1 is 0.857 bits per heavy atom. The molecule has 1 aliphatic rings. The number of hydrogen-bond acceptors (Lipinski definition) is 4. The van der Waals surface area contributed by atoms with E-state index in [9.17, 15) is 0 Å². The summed E-state index contributed by atoms with van der Waals surface area (Å²) < 4.78 is 11.6. The van der Waals surface area contributed by atoms with Crippen molar-refractivity contribution in [1.29, 1.82) is 0 Å². The van der Waals surface area contributed by atoms with Crippen molar-refractivity contribution in [2.75, 3.05) is 13.2 Å². The molecule has 0 saturated heterocycles. The summed E-state index contributed by atoms with van der Waals surface area (Å²) in [7, 11) is 0. The molecule has 3 rings (SSSR count). The topological polar surface area (TPSA) is 40.0 Å². The van der Waals surface area contributed by atoms with E-state index in [0.717, 1.165) is 42.0 Å². The van der Waals surface area contributed by atoms with Crippen molar-refractivity contribution in [2.24, 2.45) is 5.16 Å². The number of unbranched alkanes of at least 4 members (excludes halogenated alkanes) is 1. The third-order valence-corrected chi connectivity index (χ3v) is 4.39. The summed E-state index contributed by atoms with van der Waals surface area (Å²) in [5, 5.41) is 4.50. The second-order valence-corrected chi connectivity index (χ2v) is 8.37. The van der Waals surface area contributed by atoms with E-state index < -0.39 is 0 Å². The van der Waals surface area contributed by atoms with Gasteiger partial charge in [0.25, 0.3) is 0 Å². The van der Waals surface area contributed by atoms with E-state index in [2.05, 4.69) is 49.3 Å². The Morgan fingerprint density at radius 2 is 1.54 bits per heavy atom. The molecule has 4 nitrogen and oxygen atoms in total. The summed E-state index contributed by atoms with van der Waals surface area (Å²) in [6.07, 6.45) is 2.26. The van der Waals surface area contributed by atoms with Gasteiger partial charge in [0.2, 0.25) is 0 Å². The molecule has 28 heavy (non-hydrogen) atoms. The van der Waals surface area contributed by atoms with Crippen LogP contribution in [0.3, 0.4) is 0 Å². The first-order chi connectivity index (χ1) is 13.3. The van der Waals surface area contributed by atoms with Gasteiger partial charge in [-0.05, 0) is 76.8 Å². The van der Waals surface area contributed by atoms with Gasteiger partial charge in [0, 0.05) is 17.7 Å². The van der Waals surface area contributed by atoms with Crippen molar-refractivity contribution in [3.63, 3.8) is 0 Å². The largest absolute Gasteiger partial charge is 0.494 e. The van der Waals surface area contributed by atoms with Crippen LogP contribution in [-0.2, 0) is 9.57 Å². The Morgan fingerprint density at radius 3 is 2.25 bits per heavy atom. The fourth-order valence-corrected chi connectivity index (χ4v) is 3.11. The van der Waals surface area contributed by atoms with Gasteiger partial charge in [-0.1, -0.05) is 29.4 Å². The highest BCUT2D eigenvalue weighted by atomic mass is 16.6. The van der Waals surface area contributed by atoms with Crippen molar-refractivity contribution in [3.8, 4) is 16.9 Å². The Kier molecular flexibility index (Phi) is 6.40. The molecule has 2 aromatic carbocycles. The summed E-state index contributed by atoms with van der Waals surface area (Å²) >= 11 is 0. The average molecular weight is 382 g/mol. The molecule has 0 unspecified atom stereocenters. The number of fused-ring (bicyclic) bond motifs is 3. The minimum atomic E-state index is -0.336. The van der Waals surface area contributed by atoms with Crippen molar-refractivity contribution in [1.82, 2.24) is 0 Å². The third kappa shape index (κ3) is 5.14. The molecular weight excluding hydrogens is 350 g/mol. The fourth-order valence-electron chi connectivity index (χ4n) is 3.11. The lowest BCUT2D eigenvalue weighted by molar-refractivity contribution is 0.00121. The molecular formula is C24H31NO3. The zero-order valence-corrected chi connectivity index (χ0v) is 17.6. The first kappa shape index (κ1) is 20.4. The van der Waals surface area contributed by atoms with Crippen molar-refractivity contribution < 1.29 is 14.3 Å². The van der Waals surface area contributed by atoms with Gasteiger partial charge in [-0.3, -0.25) is 0 Å². The molecule has 2 aromatic rings. The lowest BCUT2D eigenvalue weighted by atomic mass is 10.1. The normalized spacial score (nSPS) is 14.3. The van der Waals surface area contributed by atoms with Gasteiger partial charge in [-0.25, -0.2) is 0 Å². The van der Waals surface area contributed by atoms with E-state index in [4.69, 9.17) is 14.3 Å². The van der Waals surface area contributed by atoms with Gasteiger partial charge < -0.3 is 14.3 Å². The number of oxime groups is 1. The molecule has 1 aliphatic carbocycles. The van der Waals surface area contributed by atoms with E-state index in [0.29, 0.717) is 6.61 Å². The Balaban J connectivity index is 1.73. The zero-order valence-electron chi connectivity index (χ0n) is 17.6. The van der Waals surface area contributed by atoms with Crippen LogP contribution in [0.5, 0.6) is 5.75 Å². The predicted octanol–water partition coefficient (Wildman–Crippen LogP) is 5.82. The molecule has 150 valence electrons. The summed E-state index contributed by atoms with van der Waals surface area (Å²) in [6, 6.07) is 14.5. The van der Waals surface area contributed by atoms with E-state index in [1.165, 1.54) is 11.1 Å². The van der Waals surface area contributed by atoms with Gasteiger partial charge in [-0.15, -0.1) is 0 Å². The summed E-state index contributed by atoms with van der Waals surface area (Å²) in [5.41, 5.74) is 5.06. The molecule has 0 saturated carbocycles. The van der Waals surface area contributed by atoms with Crippen molar-refractivity contribution >= 4 is 5.71 Å². The Labute approximate surface area is 168 Å². The Hall–Kier alpha value is -2.33. The zero-order chi connectivity index (χ0) is 20.1. The van der Waals surface area contributed by atoms with Gasteiger partial charge in [0.05, 0.1) is 12.7 Å². The minimum absolute atomic E-state index is 0.285. The highest BCUT2D eigenvalue weighted by Crippen LogP contribution is 2.39. The molecule has 0 atom stereocenters. The number of nitrogens with zero attached hydrogens (tertiary/aromatic N) is 1. The first-order valence-corrected chi connectivity index (χ1v) is 10.1. The maximum Gasteiger partial charge on any atom is 0.129 e. The van der Waals surface area contributed by atoms with Crippen molar-refractivity contribution in [2.45, 2.75) is 59.2 Å². The highest BCUT2D eigenvalue weighted by molar-refractivity contribution is 6.24. The quantitative estimate of drug-likeness (QED) is 0.365. The van der Waals surface area contributed by atoms with Gasteiger partial charge in [-0.2, -0.15) is 0 Å². The number of rotatable bonds is 8. The van der Waals surface area contributed by atoms with Crippen LogP contribution in [0, 0.1) is 0 Å². The molecule has 0 bridgehead atoms. The molecule has 0 radical (unpaired) electrons. The Bertz CT molecular complexity index is 834. The van der Waals surface area contributed by atoms with Gasteiger partial charge >= 0.3 is 0 Å². The first-order valence-electron chi connectivity index (χ1n) is 10.1. The van der Waals surface area contributed by atoms with Crippen LogP contribution in [0.1, 0.15) is 58.6 Å². The lowest BCUT2D eigenvalue weighted by Gasteiger charge is -2.16. The van der Waals surface area contributed by atoms with E-state index in [-0.39, 0.29) is 11.7 Å². The second-order valence-electron chi connectivity index (χ2n) is 8.37. The monoisotopic (exact) mass is 381 g/mol. The molecule has 0 amide bonds. The summed E-state index contributed by atoms with van der Waals surface area (Å²) in [4.78, 5) is 5.74. The number of ether oxygens (including phenoxy) is 2. The average Bonchev–Trinajstić information content (AvgIpc) is 2.95.